The van der Waals surface area contributed by atoms with Gasteiger partial charge < -0.3 is 31.2 Å². The fourth-order valence-electron chi connectivity index (χ4n) is 7.81. The number of pyridine rings is 1. The van der Waals surface area contributed by atoms with Crippen LogP contribution in [0, 0.1) is 19.3 Å². The van der Waals surface area contributed by atoms with Crippen LogP contribution in [0.2, 0.25) is 0 Å². The van der Waals surface area contributed by atoms with Crippen LogP contribution >= 0.6 is 0 Å². The van der Waals surface area contributed by atoms with Gasteiger partial charge in [0.2, 0.25) is 23.7 Å². The Labute approximate surface area is 348 Å². The number of aryl methyl sites for hydroxylation is 4. The average molecular weight is 834 g/mol. The van der Waals surface area contributed by atoms with E-state index in [2.05, 4.69) is 35.7 Å². The number of hydrogen-bond donors (Lipinski definition) is 5. The first-order valence-electron chi connectivity index (χ1n) is 19.9. The van der Waals surface area contributed by atoms with E-state index in [1.165, 1.54) is 16.9 Å². The number of hydrogen-bond acceptors (Lipinski definition) is 13. The van der Waals surface area contributed by atoms with Crippen molar-refractivity contribution in [2.24, 2.45) is 16.9 Å². The number of nitrogens with zero attached hydrogens (tertiary/aromatic N) is 10. The van der Waals surface area contributed by atoms with Gasteiger partial charge in [0, 0.05) is 63.0 Å². The number of anilines is 3. The lowest BCUT2D eigenvalue weighted by Gasteiger charge is -2.55. The summed E-state index contributed by atoms with van der Waals surface area (Å²) >= 11 is 0. The number of primary amides is 2. The highest BCUT2D eigenvalue weighted by Crippen LogP contribution is 2.37. The number of carbonyl (C=O) groups is 4. The number of ether oxygens (including phenoxy) is 2. The lowest BCUT2D eigenvalue weighted by molar-refractivity contribution is -0.189. The smallest absolute Gasteiger partial charge is 0.278 e. The van der Waals surface area contributed by atoms with Gasteiger partial charge in [-0.05, 0) is 52.0 Å². The van der Waals surface area contributed by atoms with Gasteiger partial charge in [-0.1, -0.05) is 12.2 Å². The highest BCUT2D eigenvalue weighted by atomic mass is 16.5. The van der Waals surface area contributed by atoms with Gasteiger partial charge in [0.05, 0.1) is 41.4 Å². The number of fused-ring (bicyclic) bond motifs is 2. The van der Waals surface area contributed by atoms with Crippen molar-refractivity contribution >= 4 is 63.4 Å². The summed E-state index contributed by atoms with van der Waals surface area (Å²) in [5.74, 6) is -1.62. The predicted octanol–water partition coefficient (Wildman–Crippen LogP) is 2.08. The quantitative estimate of drug-likeness (QED) is 0.0875. The maximum atomic E-state index is 13.8. The summed E-state index contributed by atoms with van der Waals surface area (Å²) in [6, 6.07) is 6.34. The molecule has 0 radical (unpaired) electrons. The zero-order chi connectivity index (χ0) is 43.2. The van der Waals surface area contributed by atoms with E-state index in [0.717, 1.165) is 26.3 Å². The number of nitrogens with two attached hydrogens (primary N) is 3. The summed E-state index contributed by atoms with van der Waals surface area (Å²) in [5.41, 5.74) is 21.7. The molecule has 0 aliphatic carbocycles. The summed E-state index contributed by atoms with van der Waals surface area (Å²) < 4.78 is 18.3. The van der Waals surface area contributed by atoms with Gasteiger partial charge in [0.25, 0.3) is 11.8 Å². The Bertz CT molecular complexity index is 2750. The molecule has 0 atom stereocenters. The summed E-state index contributed by atoms with van der Waals surface area (Å²) in [7, 11) is 0. The Morgan fingerprint density at radius 1 is 0.852 bits per heavy atom. The second-order valence-corrected chi connectivity index (χ2v) is 15.3. The summed E-state index contributed by atoms with van der Waals surface area (Å²) in [5, 5.41) is 14.6. The van der Waals surface area contributed by atoms with E-state index in [1.54, 1.807) is 45.9 Å². The number of imidazole rings is 2. The SMILES string of the molecule is CCn1nc(C)cc1C(=O)Nc1nc2cc(C(N)=O)cc(OCCN3CC4(COC4)C3)c2n1C/C=C/Cn1c(NC(=O)c2c(N)c(C)nn2CC)nc2cc(C(N)=O)cnc21. The van der Waals surface area contributed by atoms with Gasteiger partial charge >= 0.3 is 0 Å². The molecule has 7 heterocycles. The number of amides is 4. The van der Waals surface area contributed by atoms with Gasteiger partial charge in [-0.3, -0.25) is 48.6 Å². The van der Waals surface area contributed by atoms with Crippen molar-refractivity contribution in [2.75, 3.05) is 55.8 Å². The molecule has 21 heteroatoms. The van der Waals surface area contributed by atoms with Crippen LogP contribution in [0.25, 0.3) is 22.2 Å². The minimum absolute atomic E-state index is 0.135. The molecule has 4 amide bonds. The minimum Gasteiger partial charge on any atom is -0.490 e. The number of nitrogens with one attached hydrogen (secondary N) is 2. The topological polar surface area (TPSA) is 276 Å². The number of benzene rings is 1. The van der Waals surface area contributed by atoms with E-state index >= 15 is 0 Å². The molecule has 1 spiro atoms. The summed E-state index contributed by atoms with van der Waals surface area (Å²) in [4.78, 5) is 68.1. The molecule has 2 saturated heterocycles. The fourth-order valence-corrected chi connectivity index (χ4v) is 7.81. The Hall–Kier alpha value is -7.13. The van der Waals surface area contributed by atoms with E-state index in [1.807, 2.05) is 26.0 Å². The average Bonchev–Trinajstić information content (AvgIpc) is 3.93. The molecule has 2 fully saturated rings. The Kier molecular flexibility index (Phi) is 10.8. The molecule has 1 aromatic carbocycles. The van der Waals surface area contributed by atoms with Crippen molar-refractivity contribution in [2.45, 2.75) is 53.9 Å². The molecule has 318 valence electrons. The molecular weight excluding hydrogens is 787 g/mol. The van der Waals surface area contributed by atoms with Crippen LogP contribution in [0.4, 0.5) is 17.6 Å². The van der Waals surface area contributed by atoms with Crippen LogP contribution in [-0.2, 0) is 30.9 Å². The molecule has 0 saturated carbocycles. The van der Waals surface area contributed by atoms with Crippen molar-refractivity contribution in [1.29, 1.82) is 0 Å². The number of likely N-dealkylation sites (tertiary alicyclic amines) is 1. The summed E-state index contributed by atoms with van der Waals surface area (Å²) in [6.45, 7) is 12.8. The molecule has 8 rings (SSSR count). The molecule has 61 heavy (non-hydrogen) atoms. The highest BCUT2D eigenvalue weighted by molar-refractivity contribution is 6.07. The fraction of sp³-hybridized carbons (Fsp3) is 0.375. The number of nitrogen functional groups attached to an aromatic ring is 1. The molecular formula is C40H47N15O6. The van der Waals surface area contributed by atoms with E-state index in [-0.39, 0.29) is 52.9 Å². The van der Waals surface area contributed by atoms with Crippen molar-refractivity contribution in [3.63, 3.8) is 0 Å². The van der Waals surface area contributed by atoms with Crippen LogP contribution in [0.1, 0.15) is 66.9 Å². The highest BCUT2D eigenvalue weighted by Gasteiger charge is 2.48. The van der Waals surface area contributed by atoms with Gasteiger partial charge in [-0.25, -0.2) is 15.0 Å². The van der Waals surface area contributed by atoms with Crippen molar-refractivity contribution in [3.8, 4) is 5.75 Å². The predicted molar refractivity (Wildman–Crippen MR) is 224 cm³/mol. The minimum atomic E-state index is -0.682. The maximum Gasteiger partial charge on any atom is 0.278 e. The van der Waals surface area contributed by atoms with E-state index in [9.17, 15) is 19.2 Å². The monoisotopic (exact) mass is 833 g/mol. The van der Waals surface area contributed by atoms with E-state index < -0.39 is 23.6 Å². The van der Waals surface area contributed by atoms with E-state index in [4.69, 9.17) is 31.7 Å². The first kappa shape index (κ1) is 40.6. The van der Waals surface area contributed by atoms with Gasteiger partial charge in [0.1, 0.15) is 34.8 Å². The Balaban J connectivity index is 1.12. The largest absolute Gasteiger partial charge is 0.490 e. The zero-order valence-corrected chi connectivity index (χ0v) is 34.3. The molecule has 5 aromatic heterocycles. The Morgan fingerprint density at radius 3 is 2.18 bits per heavy atom. The van der Waals surface area contributed by atoms with Crippen molar-refractivity contribution < 1.29 is 28.7 Å². The Morgan fingerprint density at radius 2 is 1.51 bits per heavy atom. The normalized spacial score (nSPS) is 14.8. The van der Waals surface area contributed by atoms with Crippen LogP contribution < -0.4 is 32.6 Å². The lowest BCUT2D eigenvalue weighted by Crippen LogP contribution is -2.66. The molecule has 0 bridgehead atoms. The zero-order valence-electron chi connectivity index (χ0n) is 34.3. The standard InChI is InChI=1S/C40H47N15O6/c1-5-54-28(13-22(3)49-54)36(58)47-38-45-26-14-24(33(42)56)16-29(61-12-11-51-18-40(19-51)20-60-21-40)31(26)52(38)9-7-8-10-53-35-27(15-25(17-44-35)34(43)57)46-39(53)48-37(59)32-30(41)23(4)50-55(32)6-2/h7-8,13-17H,5-6,9-12,18-21,41H2,1-4H3,(H2,42,56)(H2,43,57)(H,45,47,58)(H,46,48,59)/b8-7+. The third-order valence-electron chi connectivity index (χ3n) is 10.9. The van der Waals surface area contributed by atoms with Gasteiger partial charge in [0.15, 0.2) is 5.65 Å². The third kappa shape index (κ3) is 7.75. The van der Waals surface area contributed by atoms with Crippen LogP contribution in [0.15, 0.2) is 42.6 Å². The van der Waals surface area contributed by atoms with Crippen LogP contribution in [0.3, 0.4) is 0 Å². The third-order valence-corrected chi connectivity index (χ3v) is 10.9. The summed E-state index contributed by atoms with van der Waals surface area (Å²) in [6.07, 6.45) is 5.00. The second-order valence-electron chi connectivity index (χ2n) is 15.3. The first-order chi connectivity index (χ1) is 29.3. The van der Waals surface area contributed by atoms with Crippen LogP contribution in [-0.4, -0.2) is 112 Å². The molecule has 21 nitrogen and oxygen atoms in total. The van der Waals surface area contributed by atoms with Gasteiger partial charge in [-0.2, -0.15) is 10.2 Å². The molecule has 0 unspecified atom stereocenters. The number of aromatic nitrogens is 9. The molecule has 2 aliphatic rings. The number of allylic oxidation sites excluding steroid dienone is 2. The number of rotatable bonds is 16. The van der Waals surface area contributed by atoms with Crippen molar-refractivity contribution in [3.05, 3.63) is 76.5 Å². The maximum absolute atomic E-state index is 13.8. The van der Waals surface area contributed by atoms with Crippen LogP contribution in [0.5, 0.6) is 5.75 Å². The number of carbonyl (C=O) groups excluding carboxylic acids is 4. The first-order valence-corrected chi connectivity index (χ1v) is 19.9. The second kappa shape index (κ2) is 16.1. The van der Waals surface area contributed by atoms with Crippen molar-refractivity contribution in [1.82, 2.24) is 48.5 Å². The molecule has 8 N–H and O–H groups in total. The lowest BCUT2D eigenvalue weighted by atomic mass is 9.78. The van der Waals surface area contributed by atoms with E-state index in [0.29, 0.717) is 71.3 Å². The molecule has 6 aromatic rings. The van der Waals surface area contributed by atoms with Gasteiger partial charge in [-0.15, -0.1) is 0 Å². The molecule has 2 aliphatic heterocycles.